The molecule has 0 aliphatic heterocycles. The molecule has 0 radical (unpaired) electrons. The molecule has 0 aliphatic carbocycles. The number of nitro benzene ring substituents is 1. The van der Waals surface area contributed by atoms with E-state index in [4.69, 9.17) is 0 Å². The quantitative estimate of drug-likeness (QED) is 0.598. The number of benzene rings is 2. The Labute approximate surface area is 143 Å². The molecule has 0 bridgehead atoms. The molecule has 0 N–H and O–H groups in total. The lowest BCUT2D eigenvalue weighted by atomic mass is 10.1. The maximum Gasteiger partial charge on any atom is 0.288 e. The van der Waals surface area contributed by atoms with E-state index in [1.807, 2.05) is 0 Å². The SMILES string of the molecule is CN(Cc1ccc(F)cc1)C(=O)c1ccc(S(C)(=O)=O)c([N+](=O)[O-])c1. The Kier molecular flexibility index (Phi) is 5.17. The molecule has 0 unspecified atom stereocenters. The van der Waals surface area contributed by atoms with Crippen molar-refractivity contribution in [2.24, 2.45) is 0 Å². The van der Waals surface area contributed by atoms with E-state index in [1.54, 1.807) is 0 Å². The zero-order valence-electron chi connectivity index (χ0n) is 13.5. The van der Waals surface area contributed by atoms with Gasteiger partial charge in [0, 0.05) is 31.5 Å². The van der Waals surface area contributed by atoms with Gasteiger partial charge in [0.1, 0.15) is 10.7 Å². The number of carbonyl (C=O) groups is 1. The molecule has 0 spiro atoms. The highest BCUT2D eigenvalue weighted by Crippen LogP contribution is 2.25. The molecule has 7 nitrogen and oxygen atoms in total. The summed E-state index contributed by atoms with van der Waals surface area (Å²) in [4.78, 5) is 23.6. The van der Waals surface area contributed by atoms with E-state index < -0.39 is 37.1 Å². The molecule has 1 amide bonds. The van der Waals surface area contributed by atoms with Gasteiger partial charge in [0.2, 0.25) is 0 Å². The van der Waals surface area contributed by atoms with Crippen molar-refractivity contribution < 1.29 is 22.5 Å². The highest BCUT2D eigenvalue weighted by atomic mass is 32.2. The lowest BCUT2D eigenvalue weighted by molar-refractivity contribution is -0.387. The molecule has 0 fully saturated rings. The Bertz CT molecular complexity index is 926. The molecule has 2 aromatic carbocycles. The molecule has 0 aliphatic rings. The molecule has 2 rings (SSSR count). The third kappa shape index (κ3) is 4.38. The number of rotatable bonds is 5. The van der Waals surface area contributed by atoms with E-state index in [0.717, 1.165) is 18.4 Å². The van der Waals surface area contributed by atoms with Crippen LogP contribution < -0.4 is 0 Å². The summed E-state index contributed by atoms with van der Waals surface area (Å²) in [6.07, 6.45) is 0.859. The van der Waals surface area contributed by atoms with E-state index >= 15 is 0 Å². The number of amides is 1. The summed E-state index contributed by atoms with van der Waals surface area (Å²) in [7, 11) is -2.31. The van der Waals surface area contributed by atoms with Crippen molar-refractivity contribution in [3.05, 3.63) is 69.5 Å². The normalized spacial score (nSPS) is 11.2. The molecule has 2 aromatic rings. The Hall–Kier alpha value is -2.81. The molecule has 0 saturated carbocycles. The van der Waals surface area contributed by atoms with Crippen molar-refractivity contribution in [2.45, 2.75) is 11.4 Å². The number of nitrogens with zero attached hydrogens (tertiary/aromatic N) is 2. The second-order valence-electron chi connectivity index (χ2n) is 5.50. The molecule has 0 aromatic heterocycles. The fourth-order valence-corrected chi connectivity index (χ4v) is 3.09. The van der Waals surface area contributed by atoms with Crippen LogP contribution in [0.5, 0.6) is 0 Å². The second-order valence-corrected chi connectivity index (χ2v) is 7.48. The standard InChI is InChI=1S/C16H15FN2O5S/c1-18(10-11-3-6-13(17)7-4-11)16(20)12-5-8-15(25(2,23)24)14(9-12)19(21)22/h3-9H,10H2,1-2H3. The number of halogens is 1. The first-order valence-corrected chi connectivity index (χ1v) is 8.97. The van der Waals surface area contributed by atoms with Gasteiger partial charge in [-0.3, -0.25) is 14.9 Å². The molecule has 0 atom stereocenters. The van der Waals surface area contributed by atoms with Gasteiger partial charge in [-0.25, -0.2) is 12.8 Å². The van der Waals surface area contributed by atoms with Gasteiger partial charge in [-0.05, 0) is 29.8 Å². The highest BCUT2D eigenvalue weighted by molar-refractivity contribution is 7.90. The zero-order valence-corrected chi connectivity index (χ0v) is 14.3. The lowest BCUT2D eigenvalue weighted by Gasteiger charge is -2.17. The summed E-state index contributed by atoms with van der Waals surface area (Å²) >= 11 is 0. The highest BCUT2D eigenvalue weighted by Gasteiger charge is 2.25. The van der Waals surface area contributed by atoms with Crippen LogP contribution in [0.3, 0.4) is 0 Å². The average molecular weight is 366 g/mol. The van der Waals surface area contributed by atoms with E-state index in [0.29, 0.717) is 5.56 Å². The van der Waals surface area contributed by atoms with Crippen molar-refractivity contribution >= 4 is 21.4 Å². The molecule has 9 heteroatoms. The van der Waals surface area contributed by atoms with Crippen molar-refractivity contribution in [3.8, 4) is 0 Å². The van der Waals surface area contributed by atoms with Crippen LogP contribution in [0.4, 0.5) is 10.1 Å². The Balaban J connectivity index is 2.31. The van der Waals surface area contributed by atoms with Gasteiger partial charge in [0.05, 0.1) is 4.92 Å². The third-order valence-corrected chi connectivity index (χ3v) is 4.63. The topological polar surface area (TPSA) is 97.6 Å². The number of nitro groups is 1. The van der Waals surface area contributed by atoms with Gasteiger partial charge in [0.25, 0.3) is 11.6 Å². The van der Waals surface area contributed by atoms with Crippen LogP contribution in [0, 0.1) is 15.9 Å². The molecule has 25 heavy (non-hydrogen) atoms. The van der Waals surface area contributed by atoms with Crippen LogP contribution >= 0.6 is 0 Å². The van der Waals surface area contributed by atoms with Crippen molar-refractivity contribution in [3.63, 3.8) is 0 Å². The maximum atomic E-state index is 12.9. The van der Waals surface area contributed by atoms with E-state index in [-0.39, 0.29) is 12.1 Å². The predicted octanol–water partition coefficient (Wildman–Crippen LogP) is 2.41. The minimum Gasteiger partial charge on any atom is -0.337 e. The summed E-state index contributed by atoms with van der Waals surface area (Å²) in [5.74, 6) is -0.919. The van der Waals surface area contributed by atoms with Crippen molar-refractivity contribution in [2.75, 3.05) is 13.3 Å². The molecule has 0 saturated heterocycles. The molecule has 0 heterocycles. The third-order valence-electron chi connectivity index (χ3n) is 3.48. The summed E-state index contributed by atoms with van der Waals surface area (Å²) < 4.78 is 36.1. The molecular formula is C16H15FN2O5S. The second kappa shape index (κ2) is 6.98. The van der Waals surface area contributed by atoms with Crippen LogP contribution in [0.1, 0.15) is 15.9 Å². The average Bonchev–Trinajstić information content (AvgIpc) is 2.54. The van der Waals surface area contributed by atoms with E-state index in [1.165, 1.54) is 42.3 Å². The first-order chi connectivity index (χ1) is 11.6. The van der Waals surface area contributed by atoms with Crippen LogP contribution in [0.25, 0.3) is 0 Å². The van der Waals surface area contributed by atoms with Gasteiger partial charge in [-0.2, -0.15) is 0 Å². The Morgan fingerprint density at radius 1 is 1.20 bits per heavy atom. The minimum atomic E-state index is -3.80. The van der Waals surface area contributed by atoms with Crippen molar-refractivity contribution in [1.82, 2.24) is 4.90 Å². The number of hydrogen-bond donors (Lipinski definition) is 0. The van der Waals surface area contributed by atoms with Crippen LogP contribution in [-0.4, -0.2) is 37.5 Å². The smallest absolute Gasteiger partial charge is 0.288 e. The summed E-state index contributed by atoms with van der Waals surface area (Å²) in [6.45, 7) is 0.167. The first kappa shape index (κ1) is 18.5. The first-order valence-electron chi connectivity index (χ1n) is 7.08. The van der Waals surface area contributed by atoms with Crippen LogP contribution in [-0.2, 0) is 16.4 Å². The monoisotopic (exact) mass is 366 g/mol. The minimum absolute atomic E-state index is 0.0105. The van der Waals surface area contributed by atoms with Gasteiger partial charge < -0.3 is 4.90 Å². The summed E-state index contributed by atoms with van der Waals surface area (Å²) in [6, 6.07) is 8.79. The fourth-order valence-electron chi connectivity index (χ4n) is 2.26. The zero-order chi connectivity index (χ0) is 18.8. The molecule has 132 valence electrons. The van der Waals surface area contributed by atoms with Crippen molar-refractivity contribution in [1.29, 1.82) is 0 Å². The van der Waals surface area contributed by atoms with E-state index in [2.05, 4.69) is 0 Å². The maximum absolute atomic E-state index is 12.9. The fraction of sp³-hybridized carbons (Fsp3) is 0.188. The van der Waals surface area contributed by atoms with Crippen LogP contribution in [0.15, 0.2) is 47.4 Å². The summed E-state index contributed by atoms with van der Waals surface area (Å²) in [5.41, 5.74) is 0.0201. The number of carbonyl (C=O) groups excluding carboxylic acids is 1. The van der Waals surface area contributed by atoms with Gasteiger partial charge >= 0.3 is 0 Å². The van der Waals surface area contributed by atoms with E-state index in [9.17, 15) is 27.7 Å². The Morgan fingerprint density at radius 3 is 2.32 bits per heavy atom. The van der Waals surface area contributed by atoms with Crippen LogP contribution in [0.2, 0.25) is 0 Å². The predicted molar refractivity (Wildman–Crippen MR) is 88.4 cm³/mol. The molecular weight excluding hydrogens is 351 g/mol. The van der Waals surface area contributed by atoms with Gasteiger partial charge in [-0.15, -0.1) is 0 Å². The number of hydrogen-bond acceptors (Lipinski definition) is 5. The van der Waals surface area contributed by atoms with Gasteiger partial charge in [0.15, 0.2) is 9.84 Å². The largest absolute Gasteiger partial charge is 0.337 e. The van der Waals surface area contributed by atoms with Gasteiger partial charge in [-0.1, -0.05) is 12.1 Å². The summed E-state index contributed by atoms with van der Waals surface area (Å²) in [5, 5.41) is 11.1. The Morgan fingerprint density at radius 2 is 1.80 bits per heavy atom. The lowest BCUT2D eigenvalue weighted by Crippen LogP contribution is -2.26. The number of sulfone groups is 1.